The Bertz CT molecular complexity index is 612. The maximum Gasteiger partial charge on any atom is 0.254 e. The zero-order valence-electron chi connectivity index (χ0n) is 9.81. The second kappa shape index (κ2) is 5.57. The molecule has 2 rings (SSSR count). The van der Waals surface area contributed by atoms with E-state index >= 15 is 0 Å². The van der Waals surface area contributed by atoms with E-state index in [4.69, 9.17) is 18.0 Å². The molecule has 0 bridgehead atoms. The van der Waals surface area contributed by atoms with Gasteiger partial charge >= 0.3 is 0 Å². The molecule has 19 heavy (non-hydrogen) atoms. The summed E-state index contributed by atoms with van der Waals surface area (Å²) in [6, 6.07) is 4.41. The van der Waals surface area contributed by atoms with Gasteiger partial charge in [0.15, 0.2) is 0 Å². The molecule has 0 radical (unpaired) electrons. The molecule has 0 fully saturated rings. The van der Waals surface area contributed by atoms with Crippen LogP contribution in [0.3, 0.4) is 0 Å². The molecule has 0 aliphatic heterocycles. The molecular weight excluding hydrogens is 267 g/mol. The predicted octanol–water partition coefficient (Wildman–Crippen LogP) is 1.11. The van der Waals surface area contributed by atoms with Gasteiger partial charge in [-0.2, -0.15) is 5.10 Å². The number of nitrogens with zero attached hydrogens (tertiary/aromatic N) is 1. The van der Waals surface area contributed by atoms with E-state index in [-0.39, 0.29) is 17.4 Å². The van der Waals surface area contributed by atoms with Crippen LogP contribution in [0.4, 0.5) is 4.39 Å². The Morgan fingerprint density at radius 2 is 2.26 bits per heavy atom. The number of hydrogen-bond donors (Lipinski definition) is 3. The van der Waals surface area contributed by atoms with Crippen LogP contribution in [-0.4, -0.2) is 21.1 Å². The van der Waals surface area contributed by atoms with Gasteiger partial charge in [-0.15, -0.1) is 0 Å². The van der Waals surface area contributed by atoms with Crippen molar-refractivity contribution in [3.8, 4) is 0 Å². The van der Waals surface area contributed by atoms with Crippen LogP contribution in [-0.2, 0) is 6.54 Å². The summed E-state index contributed by atoms with van der Waals surface area (Å²) in [6.45, 7) is 0.0768. The molecule has 2 aromatic rings. The lowest BCUT2D eigenvalue weighted by atomic mass is 10.1. The maximum atomic E-state index is 13.7. The summed E-state index contributed by atoms with van der Waals surface area (Å²) in [5.74, 6) is -0.788. The van der Waals surface area contributed by atoms with Crippen molar-refractivity contribution in [1.82, 2.24) is 15.5 Å². The first-order valence-electron chi connectivity index (χ1n) is 5.43. The fourth-order valence-electron chi connectivity index (χ4n) is 1.50. The van der Waals surface area contributed by atoms with E-state index in [2.05, 4.69) is 15.5 Å². The van der Waals surface area contributed by atoms with Crippen molar-refractivity contribution in [1.29, 1.82) is 0 Å². The van der Waals surface area contributed by atoms with Crippen LogP contribution < -0.4 is 11.1 Å². The lowest BCUT2D eigenvalue weighted by Crippen LogP contribution is -2.23. The second-order valence-electron chi connectivity index (χ2n) is 3.84. The Balaban J connectivity index is 2.04. The van der Waals surface area contributed by atoms with E-state index < -0.39 is 5.82 Å². The maximum absolute atomic E-state index is 13.7. The molecule has 0 aliphatic rings. The molecule has 1 amide bonds. The number of H-pyrrole nitrogens is 1. The standard InChI is InChI=1S/C12H11FN4OS/c13-10-3-7(11(14)19)1-2-8(10)4-15-12(18)9-5-16-17-6-9/h1-3,5-6H,4H2,(H2,14,19)(H,15,18)(H,16,17). The van der Waals surface area contributed by atoms with Crippen LogP contribution in [0.2, 0.25) is 0 Å². The van der Waals surface area contributed by atoms with E-state index in [1.807, 2.05) is 0 Å². The number of thiocarbonyl (C=S) groups is 1. The normalized spacial score (nSPS) is 10.2. The highest BCUT2D eigenvalue weighted by Crippen LogP contribution is 2.10. The van der Waals surface area contributed by atoms with Crippen molar-refractivity contribution in [3.63, 3.8) is 0 Å². The molecule has 5 nitrogen and oxygen atoms in total. The van der Waals surface area contributed by atoms with Gasteiger partial charge in [0.05, 0.1) is 11.8 Å². The Hall–Kier alpha value is -2.28. The van der Waals surface area contributed by atoms with Crippen molar-refractivity contribution in [3.05, 3.63) is 53.1 Å². The SMILES string of the molecule is NC(=S)c1ccc(CNC(=O)c2cn[nH]c2)c(F)c1. The number of carbonyl (C=O) groups excluding carboxylic acids is 1. The van der Waals surface area contributed by atoms with E-state index in [0.717, 1.165) is 0 Å². The number of nitrogens with one attached hydrogen (secondary N) is 2. The first-order valence-corrected chi connectivity index (χ1v) is 5.84. The smallest absolute Gasteiger partial charge is 0.254 e. The Morgan fingerprint density at radius 3 is 2.84 bits per heavy atom. The molecule has 0 unspecified atom stereocenters. The first-order chi connectivity index (χ1) is 9.08. The van der Waals surface area contributed by atoms with Gasteiger partial charge in [-0.25, -0.2) is 4.39 Å². The summed E-state index contributed by atoms with van der Waals surface area (Å²) in [5, 5.41) is 8.77. The second-order valence-corrected chi connectivity index (χ2v) is 4.28. The number of nitrogens with two attached hydrogens (primary N) is 1. The molecule has 4 N–H and O–H groups in total. The topological polar surface area (TPSA) is 83.8 Å². The average molecular weight is 278 g/mol. The first kappa shape index (κ1) is 13.2. The van der Waals surface area contributed by atoms with Crippen LogP contribution in [0.15, 0.2) is 30.6 Å². The van der Waals surface area contributed by atoms with Gasteiger partial charge in [0.1, 0.15) is 10.8 Å². The zero-order valence-corrected chi connectivity index (χ0v) is 10.6. The van der Waals surface area contributed by atoms with Gasteiger partial charge < -0.3 is 11.1 Å². The Labute approximate surface area is 114 Å². The number of rotatable bonds is 4. The van der Waals surface area contributed by atoms with Gasteiger partial charge in [-0.05, 0) is 6.07 Å². The monoisotopic (exact) mass is 278 g/mol. The minimum Gasteiger partial charge on any atom is -0.389 e. The van der Waals surface area contributed by atoms with Crippen LogP contribution in [0.5, 0.6) is 0 Å². The van der Waals surface area contributed by atoms with Crippen molar-refractivity contribution in [2.24, 2.45) is 5.73 Å². The minimum absolute atomic E-state index is 0.0768. The van der Waals surface area contributed by atoms with Gasteiger partial charge in [0.2, 0.25) is 0 Å². The zero-order chi connectivity index (χ0) is 13.8. The van der Waals surface area contributed by atoms with Gasteiger partial charge in [0, 0.05) is 23.9 Å². The number of benzene rings is 1. The lowest BCUT2D eigenvalue weighted by molar-refractivity contribution is 0.0950. The molecule has 0 spiro atoms. The van der Waals surface area contributed by atoms with Gasteiger partial charge in [0.25, 0.3) is 5.91 Å². The molecule has 1 aromatic carbocycles. The van der Waals surface area contributed by atoms with Crippen LogP contribution in [0.25, 0.3) is 0 Å². The number of aromatic amines is 1. The van der Waals surface area contributed by atoms with E-state index in [9.17, 15) is 9.18 Å². The summed E-state index contributed by atoms with van der Waals surface area (Å²) in [7, 11) is 0. The lowest BCUT2D eigenvalue weighted by Gasteiger charge is -2.06. The van der Waals surface area contributed by atoms with Crippen molar-refractivity contribution < 1.29 is 9.18 Å². The largest absolute Gasteiger partial charge is 0.389 e. The van der Waals surface area contributed by atoms with Crippen molar-refractivity contribution in [2.75, 3.05) is 0 Å². The van der Waals surface area contributed by atoms with E-state index in [1.54, 1.807) is 12.1 Å². The molecular formula is C12H11FN4OS. The number of hydrogen-bond acceptors (Lipinski definition) is 3. The third kappa shape index (κ3) is 3.14. The molecule has 0 saturated carbocycles. The van der Waals surface area contributed by atoms with Gasteiger partial charge in [-0.1, -0.05) is 24.4 Å². The van der Waals surface area contributed by atoms with Crippen molar-refractivity contribution in [2.45, 2.75) is 6.54 Å². The highest BCUT2D eigenvalue weighted by atomic mass is 32.1. The molecule has 0 saturated heterocycles. The number of amides is 1. The average Bonchev–Trinajstić information content (AvgIpc) is 2.90. The van der Waals surface area contributed by atoms with Crippen LogP contribution in [0, 0.1) is 5.82 Å². The van der Waals surface area contributed by atoms with Crippen LogP contribution in [0.1, 0.15) is 21.5 Å². The summed E-state index contributed by atoms with van der Waals surface area (Å²) < 4.78 is 13.7. The summed E-state index contributed by atoms with van der Waals surface area (Å²) >= 11 is 4.76. The highest BCUT2D eigenvalue weighted by Gasteiger charge is 2.09. The quantitative estimate of drug-likeness (QED) is 0.732. The molecule has 1 aromatic heterocycles. The van der Waals surface area contributed by atoms with E-state index in [0.29, 0.717) is 16.7 Å². The Kier molecular flexibility index (Phi) is 3.86. The molecule has 0 atom stereocenters. The predicted molar refractivity (Wildman–Crippen MR) is 72.0 cm³/mol. The number of carbonyl (C=O) groups is 1. The molecule has 1 heterocycles. The third-order valence-electron chi connectivity index (χ3n) is 2.54. The summed E-state index contributed by atoms with van der Waals surface area (Å²) in [6.07, 6.45) is 2.85. The fourth-order valence-corrected chi connectivity index (χ4v) is 1.62. The van der Waals surface area contributed by atoms with Crippen LogP contribution >= 0.6 is 12.2 Å². The van der Waals surface area contributed by atoms with E-state index in [1.165, 1.54) is 18.5 Å². The number of halogens is 1. The summed E-state index contributed by atoms with van der Waals surface area (Å²) in [5.41, 5.74) is 6.61. The minimum atomic E-state index is -0.460. The molecule has 7 heteroatoms. The highest BCUT2D eigenvalue weighted by molar-refractivity contribution is 7.80. The summed E-state index contributed by atoms with van der Waals surface area (Å²) in [4.78, 5) is 11.8. The molecule has 0 aliphatic carbocycles. The third-order valence-corrected chi connectivity index (χ3v) is 2.77. The Morgan fingerprint density at radius 1 is 1.47 bits per heavy atom. The van der Waals surface area contributed by atoms with Crippen molar-refractivity contribution >= 4 is 23.1 Å². The van der Waals surface area contributed by atoms with Gasteiger partial charge in [-0.3, -0.25) is 9.89 Å². The fraction of sp³-hybridized carbons (Fsp3) is 0.0833. The molecule has 98 valence electrons. The number of aromatic nitrogens is 2.